The molecule has 0 bridgehead atoms. The molecule has 0 aliphatic heterocycles. The van der Waals surface area contributed by atoms with E-state index in [1.54, 1.807) is 0 Å². The van der Waals surface area contributed by atoms with E-state index >= 15 is 0 Å². The van der Waals surface area contributed by atoms with E-state index in [1.165, 1.54) is 6.07 Å². The minimum absolute atomic E-state index is 0.0259. The Morgan fingerprint density at radius 2 is 2.11 bits per heavy atom. The Morgan fingerprint density at radius 1 is 1.47 bits per heavy atom. The van der Waals surface area contributed by atoms with Gasteiger partial charge < -0.3 is 5.11 Å². The molecule has 1 aromatic carbocycles. The number of aliphatic hydroxyl groups is 1. The third-order valence-corrected chi connectivity index (χ3v) is 4.95. The van der Waals surface area contributed by atoms with E-state index in [9.17, 15) is 12.8 Å². The molecule has 0 unspecified atom stereocenters. The molecule has 2 N–H and O–H groups in total. The summed E-state index contributed by atoms with van der Waals surface area (Å²) < 4.78 is 40.4. The Kier molecular flexibility index (Phi) is 3.88. The molecular formula is C12H15ClFNO3S. The first-order chi connectivity index (χ1) is 8.77. The maximum absolute atomic E-state index is 13.9. The molecule has 19 heavy (non-hydrogen) atoms. The summed E-state index contributed by atoms with van der Waals surface area (Å²) in [4.78, 5) is -0.520. The van der Waals surface area contributed by atoms with Crippen molar-refractivity contribution in [1.29, 1.82) is 0 Å². The maximum Gasteiger partial charge on any atom is 0.243 e. The van der Waals surface area contributed by atoms with Gasteiger partial charge in [0.1, 0.15) is 10.7 Å². The van der Waals surface area contributed by atoms with Crippen LogP contribution in [-0.4, -0.2) is 20.1 Å². The number of benzene rings is 1. The van der Waals surface area contributed by atoms with E-state index in [0.29, 0.717) is 0 Å². The fourth-order valence-corrected chi connectivity index (χ4v) is 3.31. The van der Waals surface area contributed by atoms with Crippen LogP contribution in [0.15, 0.2) is 17.0 Å². The van der Waals surface area contributed by atoms with Crippen LogP contribution >= 0.6 is 11.6 Å². The summed E-state index contributed by atoms with van der Waals surface area (Å²) >= 11 is 5.74. The average Bonchev–Trinajstić information content (AvgIpc) is 3.08. The van der Waals surface area contributed by atoms with E-state index in [4.69, 9.17) is 16.7 Å². The highest BCUT2D eigenvalue weighted by Gasteiger charge is 2.38. The lowest BCUT2D eigenvalue weighted by Gasteiger charge is -2.13. The van der Waals surface area contributed by atoms with Gasteiger partial charge >= 0.3 is 0 Å². The number of aliphatic hydroxyl groups excluding tert-OH is 1. The lowest BCUT2D eigenvalue weighted by atomic mass is 10.2. The predicted molar refractivity (Wildman–Crippen MR) is 69.9 cm³/mol. The summed E-state index contributed by atoms with van der Waals surface area (Å²) in [7, 11) is -3.96. The van der Waals surface area contributed by atoms with Crippen LogP contribution in [0.4, 0.5) is 4.39 Å². The second-order valence-corrected chi connectivity index (χ2v) is 7.34. The van der Waals surface area contributed by atoms with E-state index in [1.807, 2.05) is 6.92 Å². The van der Waals surface area contributed by atoms with Gasteiger partial charge in [-0.3, -0.25) is 0 Å². The molecule has 106 valence electrons. The highest BCUT2D eigenvalue weighted by atomic mass is 35.5. The van der Waals surface area contributed by atoms with E-state index in [-0.39, 0.29) is 22.5 Å². The zero-order valence-corrected chi connectivity index (χ0v) is 12.0. The fraction of sp³-hybridized carbons (Fsp3) is 0.500. The van der Waals surface area contributed by atoms with Crippen LogP contribution in [0.25, 0.3) is 0 Å². The van der Waals surface area contributed by atoms with Gasteiger partial charge in [0.2, 0.25) is 10.0 Å². The van der Waals surface area contributed by atoms with Gasteiger partial charge in [-0.05, 0) is 30.4 Å². The summed E-state index contributed by atoms with van der Waals surface area (Å²) in [6.07, 6.45) is 1.91. The van der Waals surface area contributed by atoms with Crippen LogP contribution in [0.2, 0.25) is 5.02 Å². The zero-order chi connectivity index (χ0) is 14.3. The molecule has 2 rings (SSSR count). The van der Waals surface area contributed by atoms with Crippen molar-refractivity contribution in [2.75, 3.05) is 6.54 Å². The molecule has 4 nitrogen and oxygen atoms in total. The topological polar surface area (TPSA) is 66.4 Å². The van der Waals surface area contributed by atoms with Crippen molar-refractivity contribution in [3.63, 3.8) is 0 Å². The van der Waals surface area contributed by atoms with Gasteiger partial charge in [0.15, 0.2) is 0 Å². The third kappa shape index (κ3) is 3.25. The molecule has 7 heteroatoms. The summed E-state index contributed by atoms with van der Waals surface area (Å²) in [5.41, 5.74) is -0.160. The molecule has 1 fully saturated rings. The minimum Gasteiger partial charge on any atom is -0.392 e. The number of nitrogens with one attached hydrogen (secondary N) is 1. The Morgan fingerprint density at radius 3 is 2.63 bits per heavy atom. The summed E-state index contributed by atoms with van der Waals surface area (Å²) in [5, 5.41) is 9.06. The zero-order valence-electron chi connectivity index (χ0n) is 10.4. The highest BCUT2D eigenvalue weighted by Crippen LogP contribution is 2.44. The van der Waals surface area contributed by atoms with E-state index < -0.39 is 27.3 Å². The number of rotatable bonds is 5. The Hall–Kier alpha value is -0.690. The van der Waals surface area contributed by atoms with Crippen molar-refractivity contribution in [3.05, 3.63) is 28.5 Å². The van der Waals surface area contributed by atoms with Crippen molar-refractivity contribution < 1.29 is 17.9 Å². The normalized spacial score (nSPS) is 17.5. The molecule has 1 aliphatic rings. The van der Waals surface area contributed by atoms with Crippen molar-refractivity contribution in [2.45, 2.75) is 31.3 Å². The third-order valence-electron chi connectivity index (χ3n) is 3.33. The summed E-state index contributed by atoms with van der Waals surface area (Å²) in [5.74, 6) is -0.958. The molecule has 0 heterocycles. The Balaban J connectivity index is 2.31. The molecule has 0 radical (unpaired) electrons. The monoisotopic (exact) mass is 307 g/mol. The molecule has 0 saturated heterocycles. The van der Waals surface area contributed by atoms with Crippen molar-refractivity contribution in [3.8, 4) is 0 Å². The van der Waals surface area contributed by atoms with Crippen molar-refractivity contribution >= 4 is 21.6 Å². The first-order valence-corrected chi connectivity index (χ1v) is 7.72. The Labute approximate surface area is 116 Å². The van der Waals surface area contributed by atoms with Crippen molar-refractivity contribution in [2.24, 2.45) is 5.41 Å². The SMILES string of the molecule is CC1(CNS(=O)(=O)c2cc(Cl)cc(CO)c2F)CC1. The number of hydrogen-bond acceptors (Lipinski definition) is 3. The Bertz CT molecular complexity index is 599. The highest BCUT2D eigenvalue weighted by molar-refractivity contribution is 7.89. The van der Waals surface area contributed by atoms with Crippen LogP contribution in [0.1, 0.15) is 25.3 Å². The van der Waals surface area contributed by atoms with Crippen LogP contribution in [0, 0.1) is 11.2 Å². The molecule has 0 aromatic heterocycles. The van der Waals surface area contributed by atoms with E-state index in [2.05, 4.69) is 4.72 Å². The first-order valence-electron chi connectivity index (χ1n) is 5.86. The number of hydrogen-bond donors (Lipinski definition) is 2. The number of sulfonamides is 1. The molecule has 0 amide bonds. The second-order valence-electron chi connectivity index (χ2n) is 5.17. The van der Waals surface area contributed by atoms with Gasteiger partial charge in [0.05, 0.1) is 6.61 Å². The second kappa shape index (κ2) is 5.01. The largest absolute Gasteiger partial charge is 0.392 e. The number of halogens is 2. The summed E-state index contributed by atoms with van der Waals surface area (Å²) in [6, 6.07) is 2.26. The van der Waals surface area contributed by atoms with Gasteiger partial charge in [-0.2, -0.15) is 0 Å². The lowest BCUT2D eigenvalue weighted by Crippen LogP contribution is -2.30. The van der Waals surface area contributed by atoms with Gasteiger partial charge in [-0.1, -0.05) is 18.5 Å². The molecular weight excluding hydrogens is 293 g/mol. The van der Waals surface area contributed by atoms with Gasteiger partial charge in [-0.15, -0.1) is 0 Å². The average molecular weight is 308 g/mol. The molecule has 0 atom stereocenters. The molecule has 1 aromatic rings. The van der Waals surface area contributed by atoms with Crippen LogP contribution in [0.3, 0.4) is 0 Å². The van der Waals surface area contributed by atoms with Gasteiger partial charge in [0.25, 0.3) is 0 Å². The molecule has 1 aliphatic carbocycles. The maximum atomic E-state index is 13.9. The van der Waals surface area contributed by atoms with Crippen LogP contribution in [-0.2, 0) is 16.6 Å². The van der Waals surface area contributed by atoms with Crippen LogP contribution in [0.5, 0.6) is 0 Å². The smallest absolute Gasteiger partial charge is 0.243 e. The fourth-order valence-electron chi connectivity index (χ4n) is 1.67. The quantitative estimate of drug-likeness (QED) is 0.875. The van der Waals surface area contributed by atoms with Crippen LogP contribution < -0.4 is 4.72 Å². The lowest BCUT2D eigenvalue weighted by molar-refractivity contribution is 0.274. The minimum atomic E-state index is -3.96. The molecule has 0 spiro atoms. The van der Waals surface area contributed by atoms with Crippen molar-refractivity contribution in [1.82, 2.24) is 4.72 Å². The standard InChI is InChI=1S/C12H15ClFNO3S/c1-12(2-3-12)7-15-19(17,18)10-5-9(13)4-8(6-16)11(10)14/h4-5,15-16H,2-3,6-7H2,1H3. The van der Waals surface area contributed by atoms with Gasteiger partial charge in [-0.25, -0.2) is 17.5 Å². The molecule has 1 saturated carbocycles. The van der Waals surface area contributed by atoms with Gasteiger partial charge in [0, 0.05) is 17.1 Å². The predicted octanol–water partition coefficient (Wildman–Crippen LogP) is 2.05. The van der Waals surface area contributed by atoms with E-state index in [0.717, 1.165) is 18.9 Å². The first kappa shape index (κ1) is 14.7. The summed E-state index contributed by atoms with van der Waals surface area (Å²) in [6.45, 7) is 1.63.